The van der Waals surface area contributed by atoms with Crippen molar-refractivity contribution in [3.63, 3.8) is 0 Å². The number of ether oxygens (including phenoxy) is 1. The van der Waals surface area contributed by atoms with E-state index in [1.807, 2.05) is 11.8 Å². The minimum Gasteiger partial charge on any atom is -0.464 e. The lowest BCUT2D eigenvalue weighted by atomic mass is 10.5. The molecule has 0 saturated carbocycles. The number of aromatic nitrogens is 3. The molecule has 1 heterocycles. The second-order valence-corrected chi connectivity index (χ2v) is 3.10. The predicted molar refractivity (Wildman–Crippen MR) is 64.1 cm³/mol. The van der Waals surface area contributed by atoms with Gasteiger partial charge in [-0.2, -0.15) is 15.0 Å². The molecule has 1 aromatic heterocycles. The molecule has 0 radical (unpaired) electrons. The van der Waals surface area contributed by atoms with Gasteiger partial charge in [0.25, 0.3) is 0 Å². The molecule has 1 N–H and O–H groups in total. The second-order valence-electron chi connectivity index (χ2n) is 3.10. The van der Waals surface area contributed by atoms with Gasteiger partial charge in [-0.3, -0.25) is 0 Å². The van der Waals surface area contributed by atoms with Gasteiger partial charge in [0, 0.05) is 20.1 Å². The van der Waals surface area contributed by atoms with Crippen molar-refractivity contribution < 1.29 is 4.74 Å². The molecule has 0 atom stereocenters. The van der Waals surface area contributed by atoms with Crippen LogP contribution >= 0.6 is 0 Å². The lowest BCUT2D eigenvalue weighted by molar-refractivity contribution is 0.312. The van der Waals surface area contributed by atoms with Gasteiger partial charge >= 0.3 is 6.01 Å². The van der Waals surface area contributed by atoms with Crippen molar-refractivity contribution >= 4 is 11.9 Å². The molecular weight excluding hydrogens is 206 g/mol. The fourth-order valence-electron chi connectivity index (χ4n) is 1.30. The third-order valence-corrected chi connectivity index (χ3v) is 2.15. The molecule has 0 fully saturated rings. The number of hydrogen-bond donors (Lipinski definition) is 1. The molecule has 16 heavy (non-hydrogen) atoms. The summed E-state index contributed by atoms with van der Waals surface area (Å²) in [4.78, 5) is 14.7. The van der Waals surface area contributed by atoms with E-state index in [1.165, 1.54) is 0 Å². The molecule has 6 heteroatoms. The third-order valence-electron chi connectivity index (χ3n) is 2.15. The number of rotatable bonds is 6. The maximum atomic E-state index is 5.30. The van der Waals surface area contributed by atoms with Crippen LogP contribution in [0.25, 0.3) is 0 Å². The number of anilines is 2. The topological polar surface area (TPSA) is 63.2 Å². The van der Waals surface area contributed by atoms with E-state index < -0.39 is 0 Å². The van der Waals surface area contributed by atoms with Crippen LogP contribution in [-0.4, -0.2) is 41.7 Å². The van der Waals surface area contributed by atoms with E-state index in [0.717, 1.165) is 13.1 Å². The average Bonchev–Trinajstić information content (AvgIpc) is 2.31. The minimum atomic E-state index is 0.365. The largest absolute Gasteiger partial charge is 0.464 e. The van der Waals surface area contributed by atoms with Gasteiger partial charge in [0.1, 0.15) is 0 Å². The highest BCUT2D eigenvalue weighted by atomic mass is 16.5. The van der Waals surface area contributed by atoms with E-state index in [0.29, 0.717) is 24.5 Å². The van der Waals surface area contributed by atoms with Gasteiger partial charge in [0.2, 0.25) is 11.9 Å². The number of hydrogen-bond acceptors (Lipinski definition) is 6. The Kier molecular flexibility index (Phi) is 4.75. The van der Waals surface area contributed by atoms with Crippen molar-refractivity contribution in [2.45, 2.75) is 20.8 Å². The summed E-state index contributed by atoms with van der Waals surface area (Å²) in [6.07, 6.45) is 0. The second kappa shape index (κ2) is 6.09. The molecular formula is C10H19N5O. The van der Waals surface area contributed by atoms with Crippen molar-refractivity contribution in [3.8, 4) is 6.01 Å². The van der Waals surface area contributed by atoms with Crippen molar-refractivity contribution in [2.24, 2.45) is 0 Å². The lowest BCUT2D eigenvalue weighted by Crippen LogP contribution is -2.25. The zero-order chi connectivity index (χ0) is 12.0. The quantitative estimate of drug-likeness (QED) is 0.783. The fraction of sp³-hybridized carbons (Fsp3) is 0.700. The van der Waals surface area contributed by atoms with Crippen molar-refractivity contribution in [1.29, 1.82) is 0 Å². The third kappa shape index (κ3) is 2.95. The van der Waals surface area contributed by atoms with Crippen molar-refractivity contribution in [1.82, 2.24) is 15.0 Å². The summed E-state index contributed by atoms with van der Waals surface area (Å²) in [5, 5.41) is 2.90. The molecule has 0 aliphatic heterocycles. The van der Waals surface area contributed by atoms with E-state index in [4.69, 9.17) is 4.74 Å². The SMILES string of the molecule is CCOc1nc(NC)nc(N(CC)CC)n1. The molecule has 90 valence electrons. The molecule has 0 aromatic carbocycles. The van der Waals surface area contributed by atoms with E-state index >= 15 is 0 Å². The van der Waals surface area contributed by atoms with E-state index in [9.17, 15) is 0 Å². The molecule has 0 aliphatic rings. The highest BCUT2D eigenvalue weighted by Gasteiger charge is 2.10. The highest BCUT2D eigenvalue weighted by Crippen LogP contribution is 2.14. The molecule has 1 rings (SSSR count). The predicted octanol–water partition coefficient (Wildman–Crippen LogP) is 1.16. The van der Waals surface area contributed by atoms with E-state index in [-0.39, 0.29) is 0 Å². The summed E-state index contributed by atoms with van der Waals surface area (Å²) in [6.45, 7) is 8.29. The summed E-state index contributed by atoms with van der Waals surface area (Å²) in [7, 11) is 1.77. The molecule has 0 bridgehead atoms. The Bertz CT molecular complexity index is 327. The summed E-state index contributed by atoms with van der Waals surface area (Å²) >= 11 is 0. The van der Waals surface area contributed by atoms with Gasteiger partial charge in [-0.15, -0.1) is 0 Å². The maximum absolute atomic E-state index is 5.30. The van der Waals surface area contributed by atoms with Crippen LogP contribution in [0.3, 0.4) is 0 Å². The first-order chi connectivity index (χ1) is 7.74. The van der Waals surface area contributed by atoms with E-state index in [2.05, 4.69) is 34.1 Å². The Hall–Kier alpha value is -1.59. The van der Waals surface area contributed by atoms with E-state index in [1.54, 1.807) is 7.05 Å². The summed E-state index contributed by atoms with van der Waals surface area (Å²) in [5.41, 5.74) is 0. The Labute approximate surface area is 96.1 Å². The number of nitrogens with zero attached hydrogens (tertiary/aromatic N) is 4. The smallest absolute Gasteiger partial charge is 0.323 e. The molecule has 6 nitrogen and oxygen atoms in total. The van der Waals surface area contributed by atoms with Gasteiger partial charge in [-0.25, -0.2) is 0 Å². The van der Waals surface area contributed by atoms with Crippen LogP contribution in [-0.2, 0) is 0 Å². The molecule has 0 unspecified atom stereocenters. The van der Waals surface area contributed by atoms with Gasteiger partial charge in [-0.05, 0) is 20.8 Å². The zero-order valence-corrected chi connectivity index (χ0v) is 10.3. The van der Waals surface area contributed by atoms with Crippen LogP contribution in [0.1, 0.15) is 20.8 Å². The minimum absolute atomic E-state index is 0.365. The Morgan fingerprint density at radius 3 is 2.31 bits per heavy atom. The first kappa shape index (κ1) is 12.5. The molecule has 0 aliphatic carbocycles. The van der Waals surface area contributed by atoms with Gasteiger partial charge in [0.05, 0.1) is 6.61 Å². The van der Waals surface area contributed by atoms with Gasteiger partial charge in [-0.1, -0.05) is 0 Å². The fourth-order valence-corrected chi connectivity index (χ4v) is 1.30. The van der Waals surface area contributed by atoms with Crippen molar-refractivity contribution in [3.05, 3.63) is 0 Å². The highest BCUT2D eigenvalue weighted by molar-refractivity contribution is 5.37. The summed E-state index contributed by atoms with van der Waals surface area (Å²) < 4.78 is 5.30. The van der Waals surface area contributed by atoms with Crippen LogP contribution < -0.4 is 15.0 Å². The monoisotopic (exact) mass is 225 g/mol. The normalized spacial score (nSPS) is 10.0. The summed E-state index contributed by atoms with van der Waals surface area (Å²) in [5.74, 6) is 1.17. The van der Waals surface area contributed by atoms with Crippen molar-refractivity contribution in [2.75, 3.05) is 37.0 Å². The summed E-state index contributed by atoms with van der Waals surface area (Å²) in [6, 6.07) is 0.365. The molecule has 0 saturated heterocycles. The maximum Gasteiger partial charge on any atom is 0.323 e. The van der Waals surface area contributed by atoms with Gasteiger partial charge in [0.15, 0.2) is 0 Å². The number of nitrogens with one attached hydrogen (secondary N) is 1. The van der Waals surface area contributed by atoms with Crippen LogP contribution in [0.4, 0.5) is 11.9 Å². The van der Waals surface area contributed by atoms with Crippen LogP contribution in [0.5, 0.6) is 6.01 Å². The van der Waals surface area contributed by atoms with Gasteiger partial charge < -0.3 is 15.0 Å². The first-order valence-corrected chi connectivity index (χ1v) is 5.56. The Morgan fingerprint density at radius 2 is 1.81 bits per heavy atom. The van der Waals surface area contributed by atoms with Crippen LogP contribution in [0.15, 0.2) is 0 Å². The molecule has 0 spiro atoms. The standard InChI is InChI=1S/C10H19N5O/c1-5-15(6-2)9-12-8(11-4)13-10(14-9)16-7-3/h5-7H2,1-4H3,(H,11,12,13,14). The lowest BCUT2D eigenvalue weighted by Gasteiger charge is -2.19. The zero-order valence-electron chi connectivity index (χ0n) is 10.3. The van der Waals surface area contributed by atoms with Crippen LogP contribution in [0.2, 0.25) is 0 Å². The Balaban J connectivity index is 3.02. The Morgan fingerprint density at radius 1 is 1.12 bits per heavy atom. The first-order valence-electron chi connectivity index (χ1n) is 5.56. The average molecular weight is 225 g/mol. The van der Waals surface area contributed by atoms with Crippen LogP contribution in [0, 0.1) is 0 Å². The molecule has 1 aromatic rings. The molecule has 0 amide bonds.